The van der Waals surface area contributed by atoms with E-state index < -0.39 is 5.91 Å². The van der Waals surface area contributed by atoms with Gasteiger partial charge in [-0.1, -0.05) is 6.07 Å². The molecular formula is C13H11N3O3. The minimum Gasteiger partial charge on any atom is -0.508 e. The second-order valence-corrected chi connectivity index (χ2v) is 3.69. The Balaban J connectivity index is 2.04. The molecule has 0 atom stereocenters. The highest BCUT2D eigenvalue weighted by Crippen LogP contribution is 2.22. The molecule has 19 heavy (non-hydrogen) atoms. The van der Waals surface area contributed by atoms with Crippen molar-refractivity contribution in [1.29, 1.82) is 0 Å². The number of phenolic OH excluding ortho intramolecular Hbond substituents is 2. The Hall–Kier alpha value is -2.89. The largest absolute Gasteiger partial charge is 0.508 e. The van der Waals surface area contributed by atoms with E-state index in [4.69, 9.17) is 5.11 Å². The lowest BCUT2D eigenvalue weighted by atomic mass is 10.2. The number of nitrogens with zero attached hydrogens (tertiary/aromatic N) is 2. The predicted octanol–water partition coefficient (Wildman–Crippen LogP) is 1.26. The van der Waals surface area contributed by atoms with Crippen LogP contribution in [0, 0.1) is 0 Å². The summed E-state index contributed by atoms with van der Waals surface area (Å²) in [6.45, 7) is 0. The number of hydrazone groups is 1. The smallest absolute Gasteiger partial charge is 0.275 e. The number of carbonyl (C=O) groups is 1. The molecule has 0 bridgehead atoms. The Morgan fingerprint density at radius 1 is 1.32 bits per heavy atom. The van der Waals surface area contributed by atoms with E-state index in [-0.39, 0.29) is 17.1 Å². The Bertz CT molecular complexity index is 612. The number of carbonyl (C=O) groups excluding carboxylic acids is 1. The van der Waals surface area contributed by atoms with E-state index in [0.29, 0.717) is 0 Å². The molecule has 0 aliphatic rings. The molecule has 0 fully saturated rings. The highest BCUT2D eigenvalue weighted by atomic mass is 16.3. The Kier molecular flexibility index (Phi) is 3.72. The molecule has 0 unspecified atom stereocenters. The van der Waals surface area contributed by atoms with E-state index >= 15 is 0 Å². The summed E-state index contributed by atoms with van der Waals surface area (Å²) in [4.78, 5) is 15.6. The number of hydrogen-bond donors (Lipinski definition) is 3. The van der Waals surface area contributed by atoms with Crippen LogP contribution in [0.25, 0.3) is 0 Å². The normalized spacial score (nSPS) is 10.5. The summed E-state index contributed by atoms with van der Waals surface area (Å²) in [5.41, 5.74) is 3.03. The number of hydrogen-bond acceptors (Lipinski definition) is 5. The van der Waals surface area contributed by atoms with Crippen LogP contribution < -0.4 is 5.43 Å². The minimum atomic E-state index is -0.572. The van der Waals surface area contributed by atoms with Crippen LogP contribution in [0.4, 0.5) is 0 Å². The van der Waals surface area contributed by atoms with Gasteiger partial charge in [-0.05, 0) is 18.2 Å². The van der Waals surface area contributed by atoms with Crippen LogP contribution in [0.1, 0.15) is 15.9 Å². The van der Waals surface area contributed by atoms with E-state index in [2.05, 4.69) is 15.5 Å². The van der Waals surface area contributed by atoms with Crippen LogP contribution >= 0.6 is 0 Å². The number of rotatable bonds is 3. The molecule has 2 rings (SSSR count). The van der Waals surface area contributed by atoms with Gasteiger partial charge < -0.3 is 10.2 Å². The minimum absolute atomic E-state index is 0.0288. The maximum absolute atomic E-state index is 11.7. The van der Waals surface area contributed by atoms with Gasteiger partial charge in [-0.2, -0.15) is 5.10 Å². The Morgan fingerprint density at radius 2 is 2.16 bits per heavy atom. The Labute approximate surface area is 109 Å². The van der Waals surface area contributed by atoms with Crippen LogP contribution in [0.2, 0.25) is 0 Å². The van der Waals surface area contributed by atoms with Gasteiger partial charge in [0.2, 0.25) is 0 Å². The zero-order valence-corrected chi connectivity index (χ0v) is 9.82. The first kappa shape index (κ1) is 12.6. The van der Waals surface area contributed by atoms with Crippen molar-refractivity contribution in [2.75, 3.05) is 0 Å². The average molecular weight is 257 g/mol. The third-order valence-electron chi connectivity index (χ3n) is 2.29. The van der Waals surface area contributed by atoms with Crippen molar-refractivity contribution >= 4 is 12.1 Å². The quantitative estimate of drug-likeness (QED) is 0.569. The van der Waals surface area contributed by atoms with E-state index in [0.717, 1.165) is 11.6 Å². The van der Waals surface area contributed by atoms with Gasteiger partial charge in [-0.25, -0.2) is 5.43 Å². The van der Waals surface area contributed by atoms with Crippen molar-refractivity contribution in [2.45, 2.75) is 0 Å². The monoisotopic (exact) mass is 257 g/mol. The third kappa shape index (κ3) is 3.29. The molecule has 0 saturated carbocycles. The molecule has 96 valence electrons. The number of pyridine rings is 1. The molecule has 2 aromatic rings. The van der Waals surface area contributed by atoms with Crippen molar-refractivity contribution in [3.63, 3.8) is 0 Å². The molecule has 1 aromatic heterocycles. The standard InChI is InChI=1S/C13H11N3O3/c17-10-3-4-11(12(18)6-10)13(19)16-15-8-9-2-1-5-14-7-9/h1-8,17-18H,(H,16,19)/b15-8-. The van der Waals surface area contributed by atoms with Crippen molar-refractivity contribution in [3.8, 4) is 11.5 Å². The number of phenols is 2. The highest BCUT2D eigenvalue weighted by molar-refractivity contribution is 5.97. The van der Waals surface area contributed by atoms with Gasteiger partial charge in [0, 0.05) is 24.0 Å². The van der Waals surface area contributed by atoms with Crippen LogP contribution in [0.15, 0.2) is 47.8 Å². The number of benzene rings is 1. The van der Waals surface area contributed by atoms with Crippen LogP contribution in [0.3, 0.4) is 0 Å². The van der Waals surface area contributed by atoms with Gasteiger partial charge in [0.1, 0.15) is 11.5 Å². The summed E-state index contributed by atoms with van der Waals surface area (Å²) in [7, 11) is 0. The van der Waals surface area contributed by atoms with Gasteiger partial charge in [0.05, 0.1) is 11.8 Å². The second-order valence-electron chi connectivity index (χ2n) is 3.69. The number of amides is 1. The van der Waals surface area contributed by atoms with Gasteiger partial charge in [0.25, 0.3) is 5.91 Å². The predicted molar refractivity (Wildman–Crippen MR) is 69.1 cm³/mol. The maximum atomic E-state index is 11.7. The molecule has 1 amide bonds. The maximum Gasteiger partial charge on any atom is 0.275 e. The molecule has 0 saturated heterocycles. The molecule has 0 aliphatic carbocycles. The Morgan fingerprint density at radius 3 is 2.84 bits per heavy atom. The third-order valence-corrected chi connectivity index (χ3v) is 2.29. The van der Waals surface area contributed by atoms with Gasteiger partial charge in [-0.15, -0.1) is 0 Å². The van der Waals surface area contributed by atoms with Crippen molar-refractivity contribution in [2.24, 2.45) is 5.10 Å². The number of nitrogens with one attached hydrogen (secondary N) is 1. The molecule has 1 aromatic carbocycles. The summed E-state index contributed by atoms with van der Waals surface area (Å²) >= 11 is 0. The fourth-order valence-corrected chi connectivity index (χ4v) is 1.39. The van der Waals surface area contributed by atoms with E-state index in [1.54, 1.807) is 24.5 Å². The van der Waals surface area contributed by atoms with Crippen molar-refractivity contribution in [3.05, 3.63) is 53.9 Å². The van der Waals surface area contributed by atoms with Crippen LogP contribution in [-0.4, -0.2) is 27.3 Å². The van der Waals surface area contributed by atoms with Crippen molar-refractivity contribution < 1.29 is 15.0 Å². The first-order valence-corrected chi connectivity index (χ1v) is 5.42. The molecule has 0 spiro atoms. The molecule has 0 radical (unpaired) electrons. The van der Waals surface area contributed by atoms with Crippen LogP contribution in [0.5, 0.6) is 11.5 Å². The molecule has 0 aliphatic heterocycles. The van der Waals surface area contributed by atoms with Gasteiger partial charge in [-0.3, -0.25) is 9.78 Å². The summed E-state index contributed by atoms with van der Waals surface area (Å²) in [6, 6.07) is 7.22. The van der Waals surface area contributed by atoms with E-state index in [1.165, 1.54) is 18.3 Å². The number of aromatic hydroxyl groups is 2. The highest BCUT2D eigenvalue weighted by Gasteiger charge is 2.10. The lowest BCUT2D eigenvalue weighted by Crippen LogP contribution is -2.17. The second kappa shape index (κ2) is 5.63. The summed E-state index contributed by atoms with van der Waals surface area (Å²) in [5, 5.41) is 22.4. The summed E-state index contributed by atoms with van der Waals surface area (Å²) in [6.07, 6.45) is 4.65. The molecular weight excluding hydrogens is 246 g/mol. The first-order chi connectivity index (χ1) is 9.16. The van der Waals surface area contributed by atoms with E-state index in [9.17, 15) is 9.90 Å². The fraction of sp³-hybridized carbons (Fsp3) is 0. The summed E-state index contributed by atoms with van der Waals surface area (Å²) < 4.78 is 0. The molecule has 6 heteroatoms. The zero-order chi connectivity index (χ0) is 13.7. The van der Waals surface area contributed by atoms with Crippen molar-refractivity contribution in [1.82, 2.24) is 10.4 Å². The van der Waals surface area contributed by atoms with Gasteiger partial charge in [0.15, 0.2) is 0 Å². The SMILES string of the molecule is O=C(N/N=C\c1cccnc1)c1ccc(O)cc1O. The van der Waals surface area contributed by atoms with Gasteiger partial charge >= 0.3 is 0 Å². The van der Waals surface area contributed by atoms with Crippen LogP contribution in [-0.2, 0) is 0 Å². The molecule has 3 N–H and O–H groups in total. The molecule has 6 nitrogen and oxygen atoms in total. The first-order valence-electron chi connectivity index (χ1n) is 5.42. The topological polar surface area (TPSA) is 94.8 Å². The zero-order valence-electron chi connectivity index (χ0n) is 9.82. The van der Waals surface area contributed by atoms with E-state index in [1.807, 2.05) is 0 Å². The average Bonchev–Trinajstić information content (AvgIpc) is 2.39. The summed E-state index contributed by atoms with van der Waals surface area (Å²) in [5.74, 6) is -1.00. The molecule has 1 heterocycles. The fourth-order valence-electron chi connectivity index (χ4n) is 1.39. The lowest BCUT2D eigenvalue weighted by molar-refractivity contribution is 0.0952. The number of aromatic nitrogens is 1. The lowest BCUT2D eigenvalue weighted by Gasteiger charge is -2.03.